The molecule has 7 nitrogen and oxygen atoms in total. The normalized spacial score (nSPS) is 15.3. The summed E-state index contributed by atoms with van der Waals surface area (Å²) in [5, 5.41) is 0. The van der Waals surface area contributed by atoms with Crippen LogP contribution >= 0.6 is 0 Å². The Morgan fingerprint density at radius 3 is 2.71 bits per heavy atom. The van der Waals surface area contributed by atoms with Crippen molar-refractivity contribution in [3.63, 3.8) is 0 Å². The van der Waals surface area contributed by atoms with Crippen LogP contribution in [0.3, 0.4) is 0 Å². The number of pyridine rings is 1. The first kappa shape index (κ1) is 16.3. The van der Waals surface area contributed by atoms with Crippen LogP contribution in [0.25, 0.3) is 0 Å². The van der Waals surface area contributed by atoms with Crippen LogP contribution in [0.4, 0.5) is 0 Å². The Hall–Kier alpha value is -2.54. The van der Waals surface area contributed by atoms with Gasteiger partial charge in [0.1, 0.15) is 5.69 Å². The molecule has 1 aliphatic heterocycles. The zero-order valence-corrected chi connectivity index (χ0v) is 13.7. The summed E-state index contributed by atoms with van der Waals surface area (Å²) < 4.78 is 5.95. The van der Waals surface area contributed by atoms with E-state index in [1.807, 2.05) is 19.1 Å². The summed E-state index contributed by atoms with van der Waals surface area (Å²) in [7, 11) is 0. The fourth-order valence-electron chi connectivity index (χ4n) is 2.91. The number of ether oxygens (including phenoxy) is 1. The molecule has 1 saturated heterocycles. The quantitative estimate of drug-likeness (QED) is 0.917. The molecular formula is C17H21N5O2. The molecule has 0 unspecified atom stereocenters. The van der Waals surface area contributed by atoms with E-state index in [1.165, 1.54) is 0 Å². The molecule has 0 spiro atoms. The lowest BCUT2D eigenvalue weighted by atomic mass is 9.93. The van der Waals surface area contributed by atoms with Crippen molar-refractivity contribution in [1.82, 2.24) is 19.9 Å². The molecule has 0 aromatic carbocycles. The highest BCUT2D eigenvalue weighted by atomic mass is 16.5. The fraction of sp³-hybridized carbons (Fsp3) is 0.412. The van der Waals surface area contributed by atoms with Crippen LogP contribution < -0.4 is 10.5 Å². The SMILES string of the molecule is Cc1ncccc1Oc1nccnc1C1CCN(C(=O)CN)CC1. The van der Waals surface area contributed by atoms with Crippen LogP contribution in [0.1, 0.15) is 30.1 Å². The predicted molar refractivity (Wildman–Crippen MR) is 88.7 cm³/mol. The molecule has 1 aliphatic rings. The Morgan fingerprint density at radius 1 is 1.25 bits per heavy atom. The Labute approximate surface area is 140 Å². The van der Waals surface area contributed by atoms with Gasteiger partial charge in [-0.05, 0) is 31.9 Å². The molecular weight excluding hydrogens is 306 g/mol. The number of hydrogen-bond donors (Lipinski definition) is 1. The van der Waals surface area contributed by atoms with Gasteiger partial charge in [0.25, 0.3) is 0 Å². The first-order valence-corrected chi connectivity index (χ1v) is 8.07. The third kappa shape index (κ3) is 3.51. The van der Waals surface area contributed by atoms with Crippen molar-refractivity contribution in [1.29, 1.82) is 0 Å². The minimum atomic E-state index is -0.00458. The topological polar surface area (TPSA) is 94.2 Å². The number of rotatable bonds is 4. The third-order valence-electron chi connectivity index (χ3n) is 4.27. The monoisotopic (exact) mass is 327 g/mol. The largest absolute Gasteiger partial charge is 0.435 e. The van der Waals surface area contributed by atoms with Crippen LogP contribution in [0.15, 0.2) is 30.7 Å². The summed E-state index contributed by atoms with van der Waals surface area (Å²) in [4.78, 5) is 26.6. The van der Waals surface area contributed by atoms with Crippen molar-refractivity contribution in [2.75, 3.05) is 19.6 Å². The highest BCUT2D eigenvalue weighted by Gasteiger charge is 2.27. The number of amides is 1. The predicted octanol–water partition coefficient (Wildman–Crippen LogP) is 1.64. The smallest absolute Gasteiger partial charge is 0.241 e. The van der Waals surface area contributed by atoms with Gasteiger partial charge in [-0.25, -0.2) is 4.98 Å². The summed E-state index contributed by atoms with van der Waals surface area (Å²) in [5.74, 6) is 1.40. The maximum absolute atomic E-state index is 11.7. The number of nitrogens with two attached hydrogens (primary N) is 1. The summed E-state index contributed by atoms with van der Waals surface area (Å²) in [5.41, 5.74) is 7.07. The Balaban J connectivity index is 1.76. The highest BCUT2D eigenvalue weighted by Crippen LogP contribution is 2.33. The second-order valence-corrected chi connectivity index (χ2v) is 5.79. The molecule has 0 radical (unpaired) electrons. The van der Waals surface area contributed by atoms with Crippen molar-refractivity contribution >= 4 is 5.91 Å². The molecule has 0 bridgehead atoms. The van der Waals surface area contributed by atoms with Crippen molar-refractivity contribution in [2.45, 2.75) is 25.7 Å². The lowest BCUT2D eigenvalue weighted by molar-refractivity contribution is -0.130. The van der Waals surface area contributed by atoms with Gasteiger partial charge in [0.2, 0.25) is 11.8 Å². The zero-order valence-electron chi connectivity index (χ0n) is 13.7. The summed E-state index contributed by atoms with van der Waals surface area (Å²) >= 11 is 0. The molecule has 1 amide bonds. The van der Waals surface area contributed by atoms with Crippen LogP contribution in [-0.4, -0.2) is 45.4 Å². The van der Waals surface area contributed by atoms with E-state index in [0.29, 0.717) is 24.7 Å². The fourth-order valence-corrected chi connectivity index (χ4v) is 2.91. The third-order valence-corrected chi connectivity index (χ3v) is 4.27. The highest BCUT2D eigenvalue weighted by molar-refractivity contribution is 5.78. The van der Waals surface area contributed by atoms with Crippen molar-refractivity contribution in [3.05, 3.63) is 42.1 Å². The number of carbonyl (C=O) groups is 1. The first-order chi connectivity index (χ1) is 11.7. The number of piperidine rings is 1. The van der Waals surface area contributed by atoms with E-state index in [-0.39, 0.29) is 18.4 Å². The van der Waals surface area contributed by atoms with Crippen molar-refractivity contribution in [2.24, 2.45) is 5.73 Å². The Morgan fingerprint density at radius 2 is 2.00 bits per heavy atom. The second kappa shape index (κ2) is 7.35. The molecule has 3 heterocycles. The Kier molecular flexibility index (Phi) is 5.00. The van der Waals surface area contributed by atoms with E-state index in [2.05, 4.69) is 15.0 Å². The van der Waals surface area contributed by atoms with E-state index < -0.39 is 0 Å². The number of aromatic nitrogens is 3. The van der Waals surface area contributed by atoms with Gasteiger partial charge in [-0.2, -0.15) is 0 Å². The van der Waals surface area contributed by atoms with E-state index in [9.17, 15) is 4.79 Å². The minimum absolute atomic E-state index is 0.00458. The summed E-state index contributed by atoms with van der Waals surface area (Å²) in [6.07, 6.45) is 6.68. The number of carbonyl (C=O) groups excluding carboxylic acids is 1. The molecule has 126 valence electrons. The number of likely N-dealkylation sites (tertiary alicyclic amines) is 1. The molecule has 3 rings (SSSR count). The summed E-state index contributed by atoms with van der Waals surface area (Å²) in [6.45, 7) is 3.32. The van der Waals surface area contributed by atoms with Gasteiger partial charge in [0, 0.05) is 37.6 Å². The molecule has 2 aromatic rings. The molecule has 24 heavy (non-hydrogen) atoms. The average Bonchev–Trinajstić information content (AvgIpc) is 2.63. The first-order valence-electron chi connectivity index (χ1n) is 8.07. The van der Waals surface area contributed by atoms with Crippen LogP contribution in [0, 0.1) is 6.92 Å². The van der Waals surface area contributed by atoms with Crippen molar-refractivity contribution in [3.8, 4) is 11.6 Å². The Bertz CT molecular complexity index is 714. The van der Waals surface area contributed by atoms with Gasteiger partial charge < -0.3 is 15.4 Å². The van der Waals surface area contributed by atoms with Crippen LogP contribution in [0.2, 0.25) is 0 Å². The van der Waals surface area contributed by atoms with Gasteiger partial charge in [-0.1, -0.05) is 0 Å². The average molecular weight is 327 g/mol. The number of aryl methyl sites for hydroxylation is 1. The summed E-state index contributed by atoms with van der Waals surface area (Å²) in [6, 6.07) is 3.69. The van der Waals surface area contributed by atoms with Gasteiger partial charge in [-0.3, -0.25) is 14.8 Å². The number of nitrogens with zero attached hydrogens (tertiary/aromatic N) is 4. The molecule has 2 N–H and O–H groups in total. The van der Waals surface area contributed by atoms with E-state index in [4.69, 9.17) is 10.5 Å². The van der Waals surface area contributed by atoms with E-state index in [0.717, 1.165) is 24.2 Å². The maximum atomic E-state index is 11.7. The van der Waals surface area contributed by atoms with Gasteiger partial charge in [-0.15, -0.1) is 0 Å². The number of hydrogen-bond acceptors (Lipinski definition) is 6. The standard InChI is InChI=1S/C17H21N5O2/c1-12-14(3-2-6-19-12)24-17-16(20-7-8-21-17)13-4-9-22(10-5-13)15(23)11-18/h2-3,6-8,13H,4-5,9-11,18H2,1H3. The second-order valence-electron chi connectivity index (χ2n) is 5.79. The van der Waals surface area contributed by atoms with Crippen LogP contribution in [-0.2, 0) is 4.79 Å². The molecule has 0 saturated carbocycles. The van der Waals surface area contributed by atoms with Crippen LogP contribution in [0.5, 0.6) is 11.6 Å². The maximum Gasteiger partial charge on any atom is 0.241 e. The zero-order chi connectivity index (χ0) is 16.9. The van der Waals surface area contributed by atoms with E-state index in [1.54, 1.807) is 23.5 Å². The molecule has 7 heteroatoms. The molecule has 2 aromatic heterocycles. The van der Waals surface area contributed by atoms with Gasteiger partial charge in [0.15, 0.2) is 5.75 Å². The minimum Gasteiger partial charge on any atom is -0.435 e. The molecule has 0 atom stereocenters. The van der Waals surface area contributed by atoms with Gasteiger partial charge >= 0.3 is 0 Å². The lowest BCUT2D eigenvalue weighted by Crippen LogP contribution is -2.41. The van der Waals surface area contributed by atoms with Crippen molar-refractivity contribution < 1.29 is 9.53 Å². The lowest BCUT2D eigenvalue weighted by Gasteiger charge is -2.31. The molecule has 1 fully saturated rings. The van der Waals surface area contributed by atoms with E-state index >= 15 is 0 Å². The molecule has 0 aliphatic carbocycles. The van der Waals surface area contributed by atoms with Gasteiger partial charge in [0.05, 0.1) is 12.2 Å².